The molecular weight excluding hydrogens is 186 g/mol. The van der Waals surface area contributed by atoms with Crippen LogP contribution in [0.2, 0.25) is 0 Å². The number of pyridine rings is 1. The van der Waals surface area contributed by atoms with Gasteiger partial charge in [0.15, 0.2) is 0 Å². The third kappa shape index (κ3) is 2.53. The first-order valence-electron chi connectivity index (χ1n) is 3.84. The quantitative estimate of drug-likeness (QED) is 0.341. The molecule has 0 aliphatic rings. The van der Waals surface area contributed by atoms with E-state index in [2.05, 4.69) is 10.3 Å². The van der Waals surface area contributed by atoms with Crippen LogP contribution in [0.25, 0.3) is 0 Å². The molecule has 1 rings (SSSR count). The van der Waals surface area contributed by atoms with E-state index in [0.29, 0.717) is 18.6 Å². The molecule has 0 aromatic carbocycles. The fourth-order valence-corrected chi connectivity index (χ4v) is 0.874. The van der Waals surface area contributed by atoms with Gasteiger partial charge in [-0.25, -0.2) is 5.48 Å². The van der Waals surface area contributed by atoms with Gasteiger partial charge in [-0.3, -0.25) is 19.8 Å². The number of carbonyl (C=O) groups is 2. The van der Waals surface area contributed by atoms with Gasteiger partial charge >= 0.3 is 0 Å². The molecule has 0 aliphatic carbocycles. The van der Waals surface area contributed by atoms with Crippen LogP contribution in [-0.4, -0.2) is 22.5 Å². The van der Waals surface area contributed by atoms with Crippen LogP contribution >= 0.6 is 0 Å². The maximum absolute atomic E-state index is 10.9. The minimum Gasteiger partial charge on any atom is -0.353 e. The summed E-state index contributed by atoms with van der Waals surface area (Å²) >= 11 is 0. The molecular formula is C8H9N3O3. The van der Waals surface area contributed by atoms with Crippen LogP contribution in [0.1, 0.15) is 16.1 Å². The van der Waals surface area contributed by atoms with Crippen LogP contribution in [0.4, 0.5) is 0 Å². The summed E-state index contributed by atoms with van der Waals surface area (Å²) in [7, 11) is 0. The molecule has 0 aliphatic heterocycles. The van der Waals surface area contributed by atoms with Crippen molar-refractivity contribution in [2.24, 2.45) is 0 Å². The summed E-state index contributed by atoms with van der Waals surface area (Å²) in [4.78, 5) is 24.7. The second-order valence-electron chi connectivity index (χ2n) is 2.48. The molecule has 0 fully saturated rings. The summed E-state index contributed by atoms with van der Waals surface area (Å²) in [6, 6.07) is 3.08. The number of hydroxylamine groups is 1. The highest BCUT2D eigenvalue weighted by Crippen LogP contribution is 1.99. The highest BCUT2D eigenvalue weighted by Gasteiger charge is 2.03. The summed E-state index contributed by atoms with van der Waals surface area (Å²) in [6.07, 6.45) is 1.88. The molecule has 74 valence electrons. The minimum atomic E-state index is -0.618. The maximum Gasteiger partial charge on any atom is 0.276 e. The van der Waals surface area contributed by atoms with Crippen molar-refractivity contribution in [3.05, 3.63) is 29.6 Å². The van der Waals surface area contributed by atoms with E-state index in [1.54, 1.807) is 6.07 Å². The first-order chi connectivity index (χ1) is 6.77. The van der Waals surface area contributed by atoms with Crippen molar-refractivity contribution in [1.82, 2.24) is 15.8 Å². The zero-order valence-corrected chi connectivity index (χ0v) is 7.23. The molecule has 14 heavy (non-hydrogen) atoms. The van der Waals surface area contributed by atoms with E-state index in [0.717, 1.165) is 0 Å². The van der Waals surface area contributed by atoms with Gasteiger partial charge in [0.25, 0.3) is 5.91 Å². The van der Waals surface area contributed by atoms with Gasteiger partial charge in [-0.1, -0.05) is 0 Å². The Hall–Kier alpha value is -1.95. The van der Waals surface area contributed by atoms with Crippen molar-refractivity contribution >= 4 is 12.3 Å². The van der Waals surface area contributed by atoms with Crippen molar-refractivity contribution in [1.29, 1.82) is 0 Å². The first kappa shape index (κ1) is 10.1. The number of nitrogens with one attached hydrogen (secondary N) is 2. The Morgan fingerprint density at radius 3 is 2.86 bits per heavy atom. The van der Waals surface area contributed by atoms with E-state index in [-0.39, 0.29) is 5.56 Å². The first-order valence-corrected chi connectivity index (χ1v) is 3.84. The second-order valence-corrected chi connectivity index (χ2v) is 2.48. The van der Waals surface area contributed by atoms with E-state index in [1.807, 2.05) is 0 Å². The van der Waals surface area contributed by atoms with E-state index in [9.17, 15) is 9.59 Å². The lowest BCUT2D eigenvalue weighted by molar-refractivity contribution is -0.109. The van der Waals surface area contributed by atoms with Gasteiger partial charge in [-0.05, 0) is 12.1 Å². The lowest BCUT2D eigenvalue weighted by Gasteiger charge is -2.00. The standard InChI is InChI=1S/C8H9N3O3/c12-5-9-4-7-2-1-6(3-10-7)8(13)11-14/h1-3,5,14H,4H2,(H,9,12)(H,11,13). The Morgan fingerprint density at radius 1 is 1.57 bits per heavy atom. The van der Waals surface area contributed by atoms with Gasteiger partial charge in [0.1, 0.15) is 0 Å². The molecule has 1 aromatic heterocycles. The third-order valence-corrected chi connectivity index (χ3v) is 1.55. The lowest BCUT2D eigenvalue weighted by atomic mass is 10.2. The highest BCUT2D eigenvalue weighted by molar-refractivity contribution is 5.92. The number of nitrogens with zero attached hydrogens (tertiary/aromatic N) is 1. The minimum absolute atomic E-state index is 0.252. The lowest BCUT2D eigenvalue weighted by Crippen LogP contribution is -2.19. The zero-order valence-electron chi connectivity index (χ0n) is 7.23. The summed E-state index contributed by atoms with van der Waals surface area (Å²) in [6.45, 7) is 0.310. The fraction of sp³-hybridized carbons (Fsp3) is 0.125. The largest absolute Gasteiger partial charge is 0.353 e. The molecule has 0 unspecified atom stereocenters. The zero-order chi connectivity index (χ0) is 10.4. The van der Waals surface area contributed by atoms with E-state index < -0.39 is 5.91 Å². The van der Waals surface area contributed by atoms with Gasteiger partial charge in [-0.15, -0.1) is 0 Å². The summed E-state index contributed by atoms with van der Waals surface area (Å²) < 4.78 is 0. The Labute approximate surface area is 79.9 Å². The predicted octanol–water partition coefficient (Wildman–Crippen LogP) is -0.553. The molecule has 0 saturated carbocycles. The van der Waals surface area contributed by atoms with Gasteiger partial charge in [0.2, 0.25) is 6.41 Å². The number of carbonyl (C=O) groups excluding carboxylic acids is 2. The number of hydrogen-bond acceptors (Lipinski definition) is 4. The van der Waals surface area contributed by atoms with Crippen molar-refractivity contribution in [3.63, 3.8) is 0 Å². The van der Waals surface area contributed by atoms with Crippen LogP contribution in [0.3, 0.4) is 0 Å². The van der Waals surface area contributed by atoms with Crippen LogP contribution in [-0.2, 0) is 11.3 Å². The average Bonchev–Trinajstić information content (AvgIpc) is 2.26. The molecule has 6 nitrogen and oxygen atoms in total. The van der Waals surface area contributed by atoms with Crippen molar-refractivity contribution in [2.45, 2.75) is 6.54 Å². The van der Waals surface area contributed by atoms with E-state index >= 15 is 0 Å². The second kappa shape index (κ2) is 4.93. The SMILES string of the molecule is O=CNCc1ccc(C(=O)NO)cn1. The summed E-state index contributed by atoms with van der Waals surface area (Å²) in [5.74, 6) is -0.618. The molecule has 0 radical (unpaired) electrons. The monoisotopic (exact) mass is 195 g/mol. The number of amides is 2. The Kier molecular flexibility index (Phi) is 3.57. The van der Waals surface area contributed by atoms with Gasteiger partial charge in [0.05, 0.1) is 17.8 Å². The fourth-order valence-electron chi connectivity index (χ4n) is 0.874. The van der Waals surface area contributed by atoms with Crippen molar-refractivity contribution in [3.8, 4) is 0 Å². The smallest absolute Gasteiger partial charge is 0.276 e. The molecule has 0 saturated heterocycles. The Bertz CT molecular complexity index is 323. The number of hydrogen-bond donors (Lipinski definition) is 3. The van der Waals surface area contributed by atoms with E-state index in [4.69, 9.17) is 5.21 Å². The highest BCUT2D eigenvalue weighted by atomic mass is 16.5. The molecule has 3 N–H and O–H groups in total. The van der Waals surface area contributed by atoms with Gasteiger partial charge in [0, 0.05) is 6.20 Å². The third-order valence-electron chi connectivity index (χ3n) is 1.55. The molecule has 0 spiro atoms. The van der Waals surface area contributed by atoms with Gasteiger partial charge < -0.3 is 5.32 Å². The van der Waals surface area contributed by atoms with Gasteiger partial charge in [-0.2, -0.15) is 0 Å². The Balaban J connectivity index is 2.68. The summed E-state index contributed by atoms with van der Waals surface area (Å²) in [5, 5.41) is 10.7. The average molecular weight is 195 g/mol. The van der Waals surface area contributed by atoms with Crippen LogP contribution < -0.4 is 10.8 Å². The van der Waals surface area contributed by atoms with Crippen LogP contribution in [0, 0.1) is 0 Å². The molecule has 0 bridgehead atoms. The van der Waals surface area contributed by atoms with Crippen molar-refractivity contribution < 1.29 is 14.8 Å². The Morgan fingerprint density at radius 2 is 2.36 bits per heavy atom. The number of rotatable bonds is 4. The van der Waals surface area contributed by atoms with E-state index in [1.165, 1.54) is 17.7 Å². The molecule has 1 aromatic rings. The molecule has 1 heterocycles. The topological polar surface area (TPSA) is 91.3 Å². The van der Waals surface area contributed by atoms with Crippen molar-refractivity contribution in [2.75, 3.05) is 0 Å². The molecule has 2 amide bonds. The maximum atomic E-state index is 10.9. The van der Waals surface area contributed by atoms with Crippen LogP contribution in [0.5, 0.6) is 0 Å². The predicted molar refractivity (Wildman–Crippen MR) is 46.4 cm³/mol. The number of aromatic nitrogens is 1. The summed E-state index contributed by atoms with van der Waals surface area (Å²) in [5.41, 5.74) is 2.38. The molecule has 0 atom stereocenters. The normalized spacial score (nSPS) is 9.21. The molecule has 6 heteroatoms. The van der Waals surface area contributed by atoms with Crippen LogP contribution in [0.15, 0.2) is 18.3 Å².